The van der Waals surface area contributed by atoms with Gasteiger partial charge in [0.05, 0.1) is 23.4 Å². The van der Waals surface area contributed by atoms with Gasteiger partial charge in [0.1, 0.15) is 0 Å². The van der Waals surface area contributed by atoms with Crippen LogP contribution in [0.3, 0.4) is 0 Å². The minimum absolute atomic E-state index is 0.00947. The van der Waals surface area contributed by atoms with Gasteiger partial charge in [-0.3, -0.25) is 0 Å². The Morgan fingerprint density at radius 3 is 2.32 bits per heavy atom. The molecule has 1 aliphatic heterocycles. The number of hydrogen-bond acceptors (Lipinski definition) is 5. The van der Waals surface area contributed by atoms with Gasteiger partial charge in [-0.05, 0) is 18.2 Å². The second-order valence-electron chi connectivity index (χ2n) is 4.87. The largest absolute Gasteiger partial charge is 0.354 e. The van der Waals surface area contributed by atoms with Crippen molar-refractivity contribution in [2.24, 2.45) is 0 Å². The first-order chi connectivity index (χ1) is 10.0. The summed E-state index contributed by atoms with van der Waals surface area (Å²) >= 11 is 0. The number of hydrogen-bond donors (Lipinski definition) is 0. The molecular weight excluding hydrogens is 352 g/mol. The van der Waals surface area contributed by atoms with E-state index < -0.39 is 34.0 Å². The molecular formula is C11H7ClF4N2O3S. The number of aromatic nitrogens is 1. The van der Waals surface area contributed by atoms with Crippen molar-refractivity contribution in [3.05, 3.63) is 18.2 Å². The molecule has 1 aromatic heterocycles. The summed E-state index contributed by atoms with van der Waals surface area (Å²) in [6.45, 7) is -2.50. The SMILES string of the molecule is O=S(=O)(Cl)c1ccc2onc(N3CC(F)(F)C(F)(F)C3)c2c1. The molecule has 0 spiro atoms. The van der Waals surface area contributed by atoms with E-state index in [1.54, 1.807) is 0 Å². The smallest absolute Gasteiger partial charge is 0.329 e. The van der Waals surface area contributed by atoms with Crippen molar-refractivity contribution in [2.45, 2.75) is 16.7 Å². The molecule has 5 nitrogen and oxygen atoms in total. The van der Waals surface area contributed by atoms with Crippen molar-refractivity contribution in [3.8, 4) is 0 Å². The molecule has 0 aliphatic carbocycles. The second-order valence-corrected chi connectivity index (χ2v) is 7.43. The molecule has 1 fully saturated rings. The van der Waals surface area contributed by atoms with E-state index in [9.17, 15) is 26.0 Å². The highest BCUT2D eigenvalue weighted by Gasteiger charge is 2.63. The van der Waals surface area contributed by atoms with E-state index in [1.165, 1.54) is 6.07 Å². The van der Waals surface area contributed by atoms with Gasteiger partial charge in [-0.1, -0.05) is 5.16 Å². The van der Waals surface area contributed by atoms with Gasteiger partial charge < -0.3 is 9.42 Å². The Balaban J connectivity index is 2.09. The summed E-state index contributed by atoms with van der Waals surface area (Å²) in [5.74, 6) is -8.71. The first-order valence-corrected chi connectivity index (χ1v) is 8.17. The molecule has 0 atom stereocenters. The summed E-state index contributed by atoms with van der Waals surface area (Å²) in [6.07, 6.45) is 0. The van der Waals surface area contributed by atoms with Crippen LogP contribution in [0.15, 0.2) is 27.6 Å². The lowest BCUT2D eigenvalue weighted by molar-refractivity contribution is -0.172. The normalized spacial score (nSPS) is 20.7. The third-order valence-corrected chi connectivity index (χ3v) is 4.67. The number of anilines is 1. The van der Waals surface area contributed by atoms with Crippen molar-refractivity contribution in [1.29, 1.82) is 0 Å². The Labute approximate surface area is 125 Å². The average molecular weight is 359 g/mol. The molecule has 0 amide bonds. The summed E-state index contributed by atoms with van der Waals surface area (Å²) in [4.78, 5) is 0.333. The van der Waals surface area contributed by atoms with Crippen molar-refractivity contribution >= 4 is 36.5 Å². The van der Waals surface area contributed by atoms with Gasteiger partial charge in [-0.25, -0.2) is 8.42 Å². The molecule has 11 heteroatoms. The molecule has 3 rings (SSSR count). The maximum Gasteiger partial charge on any atom is 0.329 e. The van der Waals surface area contributed by atoms with Gasteiger partial charge >= 0.3 is 11.8 Å². The number of halogens is 5. The van der Waals surface area contributed by atoms with Crippen LogP contribution in [0.1, 0.15) is 0 Å². The van der Waals surface area contributed by atoms with Crippen LogP contribution < -0.4 is 4.90 Å². The Hall–Kier alpha value is -1.55. The van der Waals surface area contributed by atoms with Crippen LogP contribution in [-0.2, 0) is 9.05 Å². The lowest BCUT2D eigenvalue weighted by atomic mass is 10.2. The van der Waals surface area contributed by atoms with E-state index in [1.807, 2.05) is 0 Å². The molecule has 0 radical (unpaired) electrons. The van der Waals surface area contributed by atoms with E-state index in [0.717, 1.165) is 12.1 Å². The summed E-state index contributed by atoms with van der Waals surface area (Å²) in [5, 5.41) is 3.49. The lowest BCUT2D eigenvalue weighted by Crippen LogP contribution is -2.38. The standard InChI is InChI=1S/C11H7ClF4N2O3S/c12-22(19,20)6-1-2-8-7(3-6)9(17-21-8)18-4-10(13,14)11(15,16)5-18/h1-3H,4-5H2. The van der Waals surface area contributed by atoms with Gasteiger partial charge in [-0.2, -0.15) is 17.6 Å². The fourth-order valence-electron chi connectivity index (χ4n) is 2.20. The van der Waals surface area contributed by atoms with Gasteiger partial charge in [-0.15, -0.1) is 0 Å². The number of nitrogens with zero attached hydrogens (tertiary/aromatic N) is 2. The summed E-state index contributed by atoms with van der Waals surface area (Å²) in [7, 11) is 1.13. The topological polar surface area (TPSA) is 63.4 Å². The monoisotopic (exact) mass is 358 g/mol. The quantitative estimate of drug-likeness (QED) is 0.610. The maximum atomic E-state index is 13.3. The van der Waals surface area contributed by atoms with Crippen molar-refractivity contribution in [1.82, 2.24) is 5.16 Å². The van der Waals surface area contributed by atoms with Crippen molar-refractivity contribution < 1.29 is 30.5 Å². The first-order valence-electron chi connectivity index (χ1n) is 5.86. The molecule has 0 N–H and O–H groups in total. The van der Waals surface area contributed by atoms with Crippen LogP contribution in [0.2, 0.25) is 0 Å². The second kappa shape index (κ2) is 4.48. The highest BCUT2D eigenvalue weighted by atomic mass is 35.7. The summed E-state index contributed by atoms with van der Waals surface area (Å²) in [5.41, 5.74) is 0.0672. The Bertz CT molecular complexity index is 836. The molecule has 1 aliphatic rings. The van der Waals surface area contributed by atoms with Crippen molar-refractivity contribution in [3.63, 3.8) is 0 Å². The van der Waals surface area contributed by atoms with Crippen LogP contribution in [0, 0.1) is 0 Å². The minimum Gasteiger partial charge on any atom is -0.354 e. The Morgan fingerprint density at radius 2 is 1.77 bits per heavy atom. The number of benzene rings is 1. The molecule has 22 heavy (non-hydrogen) atoms. The lowest BCUT2D eigenvalue weighted by Gasteiger charge is -2.14. The van der Waals surface area contributed by atoms with Crippen LogP contribution >= 0.6 is 10.7 Å². The first kappa shape index (κ1) is 15.3. The molecule has 0 unspecified atom stereocenters. The molecule has 0 saturated carbocycles. The predicted molar refractivity (Wildman–Crippen MR) is 69.2 cm³/mol. The van der Waals surface area contributed by atoms with E-state index >= 15 is 0 Å². The number of fused-ring (bicyclic) bond motifs is 1. The fraction of sp³-hybridized carbons (Fsp3) is 0.364. The summed E-state index contributed by atoms with van der Waals surface area (Å²) < 4.78 is 80.5. The van der Waals surface area contributed by atoms with Gasteiger partial charge in [0.25, 0.3) is 9.05 Å². The molecule has 2 aromatic rings. The highest BCUT2D eigenvalue weighted by Crippen LogP contribution is 2.43. The number of alkyl halides is 4. The van der Waals surface area contributed by atoms with Gasteiger partial charge in [0, 0.05) is 10.7 Å². The predicted octanol–water partition coefficient (Wildman–Crippen LogP) is 2.85. The zero-order valence-electron chi connectivity index (χ0n) is 10.6. The zero-order chi connectivity index (χ0) is 16.3. The highest BCUT2D eigenvalue weighted by molar-refractivity contribution is 8.13. The van der Waals surface area contributed by atoms with E-state index in [2.05, 4.69) is 5.16 Å². The maximum absolute atomic E-state index is 13.3. The van der Waals surface area contributed by atoms with Crippen LogP contribution in [0.5, 0.6) is 0 Å². The number of rotatable bonds is 2. The zero-order valence-corrected chi connectivity index (χ0v) is 12.1. The van der Waals surface area contributed by atoms with E-state index in [-0.39, 0.29) is 21.7 Å². The Kier molecular flexibility index (Phi) is 3.12. The summed E-state index contributed by atoms with van der Waals surface area (Å²) in [6, 6.07) is 3.39. The molecule has 0 bridgehead atoms. The third-order valence-electron chi connectivity index (χ3n) is 3.32. The molecule has 120 valence electrons. The van der Waals surface area contributed by atoms with E-state index in [0.29, 0.717) is 4.90 Å². The molecule has 2 heterocycles. The Morgan fingerprint density at radius 1 is 1.18 bits per heavy atom. The van der Waals surface area contributed by atoms with Gasteiger partial charge in [0.15, 0.2) is 11.4 Å². The van der Waals surface area contributed by atoms with E-state index in [4.69, 9.17) is 15.2 Å². The molecule has 1 saturated heterocycles. The van der Waals surface area contributed by atoms with Crippen LogP contribution in [0.25, 0.3) is 11.0 Å². The molecule has 1 aromatic carbocycles. The third kappa shape index (κ3) is 2.30. The van der Waals surface area contributed by atoms with Crippen LogP contribution in [0.4, 0.5) is 23.4 Å². The van der Waals surface area contributed by atoms with Crippen molar-refractivity contribution in [2.75, 3.05) is 18.0 Å². The fourth-order valence-corrected chi connectivity index (χ4v) is 2.98. The average Bonchev–Trinajstić information content (AvgIpc) is 2.86. The van der Waals surface area contributed by atoms with Gasteiger partial charge in [0.2, 0.25) is 0 Å². The van der Waals surface area contributed by atoms with Crippen LogP contribution in [-0.4, -0.2) is 38.5 Å². The minimum atomic E-state index is -4.21.